The van der Waals surface area contributed by atoms with Crippen LogP contribution in [-0.2, 0) is 9.59 Å². The first kappa shape index (κ1) is 13.3. The summed E-state index contributed by atoms with van der Waals surface area (Å²) in [5, 5.41) is 11.4. The number of amides is 3. The van der Waals surface area contributed by atoms with E-state index in [0.717, 1.165) is 0 Å². The fraction of sp³-hybridized carbons (Fsp3) is 0.700. The maximum absolute atomic E-state index is 11.8. The zero-order valence-corrected chi connectivity index (χ0v) is 9.90. The fourth-order valence-corrected chi connectivity index (χ4v) is 1.67. The fourth-order valence-electron chi connectivity index (χ4n) is 1.67. The average molecular weight is 243 g/mol. The highest BCUT2D eigenvalue weighted by molar-refractivity contribution is 5.90. The number of carboxylic acid groups (broad SMARTS) is 1. The van der Waals surface area contributed by atoms with Gasteiger partial charge < -0.3 is 21.1 Å². The summed E-state index contributed by atoms with van der Waals surface area (Å²) in [6.07, 6.45) is 1.07. The Balaban J connectivity index is 2.71. The second-order valence-electron chi connectivity index (χ2n) is 4.61. The molecule has 0 aromatic heterocycles. The van der Waals surface area contributed by atoms with Crippen LogP contribution in [-0.4, -0.2) is 46.0 Å². The maximum atomic E-state index is 11.8. The van der Waals surface area contributed by atoms with E-state index in [1.54, 1.807) is 0 Å². The van der Waals surface area contributed by atoms with Crippen LogP contribution in [0.2, 0.25) is 0 Å². The van der Waals surface area contributed by atoms with E-state index in [0.29, 0.717) is 19.4 Å². The largest absolute Gasteiger partial charge is 0.480 e. The number of urea groups is 1. The molecule has 0 radical (unpaired) electrons. The number of nitrogens with zero attached hydrogens (tertiary/aromatic N) is 1. The third kappa shape index (κ3) is 2.86. The second kappa shape index (κ2) is 4.60. The van der Waals surface area contributed by atoms with Crippen molar-refractivity contribution >= 4 is 17.9 Å². The van der Waals surface area contributed by atoms with Gasteiger partial charge in [0.1, 0.15) is 11.6 Å². The predicted molar refractivity (Wildman–Crippen MR) is 59.2 cm³/mol. The summed E-state index contributed by atoms with van der Waals surface area (Å²) in [5.74, 6) is -1.70. The van der Waals surface area contributed by atoms with Crippen molar-refractivity contribution in [2.45, 2.75) is 38.3 Å². The number of carbonyl (C=O) groups is 3. The number of rotatable bonds is 3. The van der Waals surface area contributed by atoms with Crippen LogP contribution in [0.15, 0.2) is 0 Å². The number of carboxylic acids is 1. The van der Waals surface area contributed by atoms with Crippen LogP contribution in [0.4, 0.5) is 4.79 Å². The quantitative estimate of drug-likeness (QED) is 0.620. The monoisotopic (exact) mass is 243 g/mol. The van der Waals surface area contributed by atoms with Gasteiger partial charge in [-0.1, -0.05) is 0 Å². The molecule has 7 heteroatoms. The Morgan fingerprint density at radius 1 is 1.41 bits per heavy atom. The van der Waals surface area contributed by atoms with Gasteiger partial charge in [-0.2, -0.15) is 0 Å². The van der Waals surface area contributed by atoms with Crippen LogP contribution in [0.5, 0.6) is 0 Å². The van der Waals surface area contributed by atoms with Crippen molar-refractivity contribution < 1.29 is 19.5 Å². The molecule has 0 saturated carbocycles. The minimum absolute atomic E-state index is 0.373. The Labute approximate surface area is 98.9 Å². The number of carbonyl (C=O) groups excluding carboxylic acids is 2. The summed E-state index contributed by atoms with van der Waals surface area (Å²) in [7, 11) is 0. The third-order valence-electron chi connectivity index (χ3n) is 2.83. The highest BCUT2D eigenvalue weighted by atomic mass is 16.4. The molecule has 0 unspecified atom stereocenters. The highest BCUT2D eigenvalue weighted by Gasteiger charge is 2.37. The predicted octanol–water partition coefficient (Wildman–Crippen LogP) is -0.491. The van der Waals surface area contributed by atoms with Gasteiger partial charge in [-0.15, -0.1) is 0 Å². The SMILES string of the molecule is CC(C)(NC(=O)N1CCC[C@@H]1C(=O)O)C(N)=O. The van der Waals surface area contributed by atoms with Gasteiger partial charge in [0.25, 0.3) is 0 Å². The number of nitrogens with two attached hydrogens (primary N) is 1. The Morgan fingerprint density at radius 3 is 2.47 bits per heavy atom. The topological polar surface area (TPSA) is 113 Å². The molecular weight excluding hydrogens is 226 g/mol. The Morgan fingerprint density at radius 2 is 2.00 bits per heavy atom. The summed E-state index contributed by atoms with van der Waals surface area (Å²) in [4.78, 5) is 35.0. The molecule has 17 heavy (non-hydrogen) atoms. The van der Waals surface area contributed by atoms with Crippen molar-refractivity contribution in [3.05, 3.63) is 0 Å². The van der Waals surface area contributed by atoms with E-state index in [1.165, 1.54) is 18.7 Å². The van der Waals surface area contributed by atoms with E-state index in [9.17, 15) is 14.4 Å². The molecule has 0 aliphatic carbocycles. The lowest BCUT2D eigenvalue weighted by molar-refractivity contribution is -0.141. The molecule has 0 spiro atoms. The summed E-state index contributed by atoms with van der Waals surface area (Å²) in [6.45, 7) is 3.32. The van der Waals surface area contributed by atoms with E-state index in [4.69, 9.17) is 10.8 Å². The molecule has 0 aromatic rings. The van der Waals surface area contributed by atoms with Gasteiger partial charge in [0.05, 0.1) is 0 Å². The molecule has 1 aliphatic heterocycles. The highest BCUT2D eigenvalue weighted by Crippen LogP contribution is 2.18. The Kier molecular flexibility index (Phi) is 3.59. The lowest BCUT2D eigenvalue weighted by Gasteiger charge is -2.28. The van der Waals surface area contributed by atoms with Crippen molar-refractivity contribution in [3.8, 4) is 0 Å². The molecule has 0 bridgehead atoms. The molecule has 1 fully saturated rings. The van der Waals surface area contributed by atoms with Crippen LogP contribution >= 0.6 is 0 Å². The Bertz CT molecular complexity index is 353. The first-order valence-corrected chi connectivity index (χ1v) is 5.37. The number of hydrogen-bond acceptors (Lipinski definition) is 3. The van der Waals surface area contributed by atoms with Crippen molar-refractivity contribution in [2.75, 3.05) is 6.54 Å². The van der Waals surface area contributed by atoms with E-state index < -0.39 is 29.5 Å². The van der Waals surface area contributed by atoms with Gasteiger partial charge in [-0.3, -0.25) is 4.79 Å². The van der Waals surface area contributed by atoms with Crippen molar-refractivity contribution in [2.24, 2.45) is 5.73 Å². The smallest absolute Gasteiger partial charge is 0.326 e. The van der Waals surface area contributed by atoms with E-state index in [-0.39, 0.29) is 0 Å². The van der Waals surface area contributed by atoms with Gasteiger partial charge in [0.15, 0.2) is 0 Å². The molecule has 1 atom stereocenters. The average Bonchev–Trinajstić information content (AvgIpc) is 2.64. The third-order valence-corrected chi connectivity index (χ3v) is 2.83. The summed E-state index contributed by atoms with van der Waals surface area (Å²) in [6, 6.07) is -1.39. The molecular formula is C10H17N3O4. The summed E-state index contributed by atoms with van der Waals surface area (Å²) < 4.78 is 0. The first-order valence-electron chi connectivity index (χ1n) is 5.37. The van der Waals surface area contributed by atoms with Gasteiger partial charge in [-0.05, 0) is 26.7 Å². The van der Waals surface area contributed by atoms with E-state index in [2.05, 4.69) is 5.32 Å². The number of likely N-dealkylation sites (tertiary alicyclic amines) is 1. The zero-order chi connectivity index (χ0) is 13.2. The standard InChI is InChI=1S/C10H17N3O4/c1-10(2,8(11)16)12-9(17)13-5-3-4-6(13)7(14)15/h6H,3-5H2,1-2H3,(H2,11,16)(H,12,17)(H,14,15)/t6-/m1/s1. The van der Waals surface area contributed by atoms with Crippen molar-refractivity contribution in [3.63, 3.8) is 0 Å². The second-order valence-corrected chi connectivity index (χ2v) is 4.61. The minimum Gasteiger partial charge on any atom is -0.480 e. The van der Waals surface area contributed by atoms with Crippen molar-refractivity contribution in [1.29, 1.82) is 0 Å². The molecule has 96 valence electrons. The number of nitrogens with one attached hydrogen (secondary N) is 1. The molecule has 1 heterocycles. The van der Waals surface area contributed by atoms with Gasteiger partial charge >= 0.3 is 12.0 Å². The maximum Gasteiger partial charge on any atom is 0.326 e. The lowest BCUT2D eigenvalue weighted by atomic mass is 10.1. The molecule has 0 aromatic carbocycles. The molecule has 3 amide bonds. The van der Waals surface area contributed by atoms with Gasteiger partial charge in [0.2, 0.25) is 5.91 Å². The summed E-state index contributed by atoms with van der Waals surface area (Å²) in [5.41, 5.74) is 3.93. The van der Waals surface area contributed by atoms with E-state index in [1.807, 2.05) is 0 Å². The Hall–Kier alpha value is -1.79. The lowest BCUT2D eigenvalue weighted by Crippen LogP contribution is -2.58. The van der Waals surface area contributed by atoms with E-state index >= 15 is 0 Å². The number of hydrogen-bond donors (Lipinski definition) is 3. The van der Waals surface area contributed by atoms with Crippen LogP contribution in [0.3, 0.4) is 0 Å². The zero-order valence-electron chi connectivity index (χ0n) is 9.90. The number of aliphatic carboxylic acids is 1. The molecule has 4 N–H and O–H groups in total. The molecule has 1 saturated heterocycles. The molecule has 1 aliphatic rings. The molecule has 7 nitrogen and oxygen atoms in total. The minimum atomic E-state index is -1.19. The normalized spacial score (nSPS) is 20.1. The van der Waals surface area contributed by atoms with Gasteiger partial charge in [-0.25, -0.2) is 9.59 Å². The molecule has 1 rings (SSSR count). The summed E-state index contributed by atoms with van der Waals surface area (Å²) >= 11 is 0. The van der Waals surface area contributed by atoms with Crippen LogP contribution in [0.1, 0.15) is 26.7 Å². The van der Waals surface area contributed by atoms with Crippen LogP contribution in [0.25, 0.3) is 0 Å². The first-order chi connectivity index (χ1) is 7.75. The number of primary amides is 1. The van der Waals surface area contributed by atoms with Gasteiger partial charge in [0, 0.05) is 6.54 Å². The van der Waals surface area contributed by atoms with Crippen molar-refractivity contribution in [1.82, 2.24) is 10.2 Å². The van der Waals surface area contributed by atoms with Crippen LogP contribution in [0, 0.1) is 0 Å². The van der Waals surface area contributed by atoms with Crippen LogP contribution < -0.4 is 11.1 Å².